The summed E-state index contributed by atoms with van der Waals surface area (Å²) in [5.74, 6) is -0.0400. The number of nitrogens with zero attached hydrogens (tertiary/aromatic N) is 5. The molecule has 0 radical (unpaired) electrons. The maximum atomic E-state index is 14.4. The standard InChI is InChI=1S/C30H48ClN5O3S2/c1-6-11-20-34-25(15-18-32-34)29(23(8-3)9-4)36(41(38,39)28-14-13-27(31)40-28)22-17-24(10-5)30(37)26-16-19-33-35(26)21-12-7-2/h13-16,18-19,23-24,29-30,37H,6-12,17,20-22H2,1-5H3. The number of sulfonamides is 1. The summed E-state index contributed by atoms with van der Waals surface area (Å²) in [6.45, 7) is 12.3. The van der Waals surface area contributed by atoms with Gasteiger partial charge < -0.3 is 5.11 Å². The lowest BCUT2D eigenvalue weighted by Gasteiger charge is -2.37. The highest BCUT2D eigenvalue weighted by Gasteiger charge is 2.39. The fourth-order valence-corrected chi connectivity index (χ4v) is 8.91. The Balaban J connectivity index is 2.03. The van der Waals surface area contributed by atoms with E-state index in [1.807, 2.05) is 21.5 Å². The first kappa shape index (κ1) is 33.8. The van der Waals surface area contributed by atoms with E-state index in [0.29, 0.717) is 17.2 Å². The molecule has 11 heteroatoms. The molecular formula is C30H48ClN5O3S2. The van der Waals surface area contributed by atoms with Gasteiger partial charge in [-0.1, -0.05) is 78.3 Å². The normalized spacial score (nSPS) is 14.7. The van der Waals surface area contributed by atoms with Gasteiger partial charge in [0.05, 0.1) is 27.9 Å². The molecule has 3 aromatic heterocycles. The Morgan fingerprint density at radius 2 is 1.44 bits per heavy atom. The molecule has 0 saturated carbocycles. The molecule has 3 rings (SSSR count). The van der Waals surface area contributed by atoms with Crippen LogP contribution < -0.4 is 0 Å². The molecule has 0 bridgehead atoms. The van der Waals surface area contributed by atoms with Gasteiger partial charge in [0.1, 0.15) is 4.21 Å². The molecule has 230 valence electrons. The Morgan fingerprint density at radius 1 is 0.878 bits per heavy atom. The second-order valence-corrected chi connectivity index (χ2v) is 14.6. The summed E-state index contributed by atoms with van der Waals surface area (Å²) in [5.41, 5.74) is 1.71. The first-order chi connectivity index (χ1) is 19.7. The number of halogens is 1. The lowest BCUT2D eigenvalue weighted by Crippen LogP contribution is -2.41. The van der Waals surface area contributed by atoms with Gasteiger partial charge in [-0.15, -0.1) is 11.3 Å². The highest BCUT2D eigenvalue weighted by atomic mass is 35.5. The number of hydrogen-bond acceptors (Lipinski definition) is 6. The number of thiophene rings is 1. The number of rotatable bonds is 19. The van der Waals surface area contributed by atoms with Crippen LogP contribution in [0.2, 0.25) is 4.34 Å². The van der Waals surface area contributed by atoms with Crippen LogP contribution in [0.15, 0.2) is 40.9 Å². The van der Waals surface area contributed by atoms with Crippen LogP contribution in [0.5, 0.6) is 0 Å². The van der Waals surface area contributed by atoms with Gasteiger partial charge in [0.25, 0.3) is 10.0 Å². The fourth-order valence-electron chi connectivity index (χ4n) is 5.62. The molecule has 3 atom stereocenters. The van der Waals surface area contributed by atoms with E-state index in [1.165, 1.54) is 0 Å². The van der Waals surface area contributed by atoms with E-state index < -0.39 is 16.1 Å². The SMILES string of the molecule is CCCCn1nccc1C(O)C(CC)CCN(C(c1ccnn1CCCC)C(CC)CC)S(=O)(=O)c1ccc(Cl)s1. The molecule has 0 saturated heterocycles. The second kappa shape index (κ2) is 16.2. The van der Waals surface area contributed by atoms with Crippen LogP contribution in [0.3, 0.4) is 0 Å². The molecule has 0 aliphatic rings. The van der Waals surface area contributed by atoms with Gasteiger partial charge in [-0.25, -0.2) is 8.42 Å². The summed E-state index contributed by atoms with van der Waals surface area (Å²) in [6.07, 6.45) is 9.67. The van der Waals surface area contributed by atoms with E-state index in [-0.39, 0.29) is 28.6 Å². The van der Waals surface area contributed by atoms with Crippen LogP contribution in [0, 0.1) is 11.8 Å². The van der Waals surface area contributed by atoms with E-state index >= 15 is 0 Å². The average molecular weight is 626 g/mol. The van der Waals surface area contributed by atoms with Crippen molar-refractivity contribution in [1.29, 1.82) is 0 Å². The van der Waals surface area contributed by atoms with Gasteiger partial charge >= 0.3 is 0 Å². The Kier molecular flexibility index (Phi) is 13.4. The van der Waals surface area contributed by atoms with Crippen molar-refractivity contribution in [3.8, 4) is 0 Å². The third-order valence-electron chi connectivity index (χ3n) is 8.16. The van der Waals surface area contributed by atoms with Crippen molar-refractivity contribution in [3.63, 3.8) is 0 Å². The summed E-state index contributed by atoms with van der Waals surface area (Å²) in [5, 5.41) is 20.5. The smallest absolute Gasteiger partial charge is 0.253 e. The van der Waals surface area contributed by atoms with Crippen LogP contribution in [-0.2, 0) is 23.1 Å². The first-order valence-electron chi connectivity index (χ1n) is 15.2. The summed E-state index contributed by atoms with van der Waals surface area (Å²) < 4.78 is 35.0. The average Bonchev–Trinajstić information content (AvgIpc) is 3.73. The van der Waals surface area contributed by atoms with Crippen molar-refractivity contribution >= 4 is 33.0 Å². The monoisotopic (exact) mass is 625 g/mol. The minimum atomic E-state index is -3.88. The number of hydrogen-bond donors (Lipinski definition) is 1. The van der Waals surface area contributed by atoms with Crippen molar-refractivity contribution in [3.05, 3.63) is 52.4 Å². The third-order valence-corrected chi connectivity index (χ3v) is 11.7. The molecule has 3 heterocycles. The lowest BCUT2D eigenvalue weighted by atomic mass is 9.90. The van der Waals surface area contributed by atoms with E-state index in [4.69, 9.17) is 11.6 Å². The van der Waals surface area contributed by atoms with Crippen LogP contribution in [0.1, 0.15) is 110 Å². The van der Waals surface area contributed by atoms with Gasteiger partial charge in [0, 0.05) is 32.0 Å². The van der Waals surface area contributed by atoms with Crippen molar-refractivity contribution in [2.24, 2.45) is 11.8 Å². The summed E-state index contributed by atoms with van der Waals surface area (Å²) >= 11 is 7.32. The molecule has 0 aliphatic heterocycles. The van der Waals surface area contributed by atoms with Crippen molar-refractivity contribution in [1.82, 2.24) is 23.9 Å². The third kappa shape index (κ3) is 8.22. The maximum Gasteiger partial charge on any atom is 0.253 e. The minimum Gasteiger partial charge on any atom is -0.387 e. The molecule has 0 fully saturated rings. The molecule has 3 aromatic rings. The number of aromatic nitrogens is 4. The van der Waals surface area contributed by atoms with Crippen LogP contribution in [0.25, 0.3) is 0 Å². The Morgan fingerprint density at radius 3 is 1.95 bits per heavy atom. The highest BCUT2D eigenvalue weighted by Crippen LogP contribution is 2.40. The van der Waals surface area contributed by atoms with E-state index in [2.05, 4.69) is 44.8 Å². The predicted molar refractivity (Wildman–Crippen MR) is 168 cm³/mol. The second-order valence-electron chi connectivity index (χ2n) is 10.8. The van der Waals surface area contributed by atoms with Crippen molar-refractivity contribution < 1.29 is 13.5 Å². The highest BCUT2D eigenvalue weighted by molar-refractivity contribution is 7.91. The zero-order valence-corrected chi connectivity index (χ0v) is 27.6. The minimum absolute atomic E-state index is 0.0951. The molecule has 3 unspecified atom stereocenters. The zero-order valence-electron chi connectivity index (χ0n) is 25.2. The van der Waals surface area contributed by atoms with Crippen LogP contribution in [-0.4, -0.2) is 43.9 Å². The topological polar surface area (TPSA) is 93.2 Å². The number of aliphatic hydroxyl groups excluding tert-OH is 1. The summed E-state index contributed by atoms with van der Waals surface area (Å²) in [6, 6.07) is 6.71. The number of aliphatic hydroxyl groups is 1. The molecule has 0 aromatic carbocycles. The van der Waals surface area contributed by atoms with E-state index in [1.54, 1.807) is 28.8 Å². The molecule has 41 heavy (non-hydrogen) atoms. The Hall–Kier alpha value is -1.72. The largest absolute Gasteiger partial charge is 0.387 e. The predicted octanol–water partition coefficient (Wildman–Crippen LogP) is 7.71. The maximum absolute atomic E-state index is 14.4. The van der Waals surface area contributed by atoms with Gasteiger partial charge in [-0.3, -0.25) is 9.36 Å². The van der Waals surface area contributed by atoms with E-state index in [0.717, 1.165) is 74.3 Å². The van der Waals surface area contributed by atoms with Crippen LogP contribution in [0.4, 0.5) is 0 Å². The lowest BCUT2D eigenvalue weighted by molar-refractivity contribution is 0.0833. The van der Waals surface area contributed by atoms with Crippen molar-refractivity contribution in [2.45, 2.75) is 115 Å². The number of unbranched alkanes of at least 4 members (excludes halogenated alkanes) is 2. The molecular weight excluding hydrogens is 578 g/mol. The van der Waals surface area contributed by atoms with Gasteiger partial charge in [-0.05, 0) is 55.4 Å². The quantitative estimate of drug-likeness (QED) is 0.147. The summed E-state index contributed by atoms with van der Waals surface area (Å²) in [4.78, 5) is 0. The number of aryl methyl sites for hydroxylation is 2. The fraction of sp³-hybridized carbons (Fsp3) is 0.667. The van der Waals surface area contributed by atoms with Crippen LogP contribution >= 0.6 is 22.9 Å². The molecule has 8 nitrogen and oxygen atoms in total. The zero-order chi connectivity index (χ0) is 30.0. The van der Waals surface area contributed by atoms with Gasteiger partial charge in [-0.2, -0.15) is 14.5 Å². The molecule has 0 spiro atoms. The first-order valence-corrected chi connectivity index (χ1v) is 17.8. The Labute approximate surface area is 255 Å². The summed E-state index contributed by atoms with van der Waals surface area (Å²) in [7, 11) is -3.88. The Bertz CT molecular complexity index is 1280. The molecule has 1 N–H and O–H groups in total. The van der Waals surface area contributed by atoms with Crippen molar-refractivity contribution in [2.75, 3.05) is 6.54 Å². The molecule has 0 amide bonds. The molecule has 0 aliphatic carbocycles. The van der Waals surface area contributed by atoms with E-state index in [9.17, 15) is 13.5 Å². The van der Waals surface area contributed by atoms with Gasteiger partial charge in [0.15, 0.2) is 0 Å². The van der Waals surface area contributed by atoms with Gasteiger partial charge in [0.2, 0.25) is 0 Å².